The van der Waals surface area contributed by atoms with Gasteiger partial charge in [0.25, 0.3) is 0 Å². The molecule has 0 aliphatic heterocycles. The molecule has 1 rings (SSSR count). The molecule has 0 radical (unpaired) electrons. The summed E-state index contributed by atoms with van der Waals surface area (Å²) in [5.41, 5.74) is 4.01. The third-order valence-corrected chi connectivity index (χ3v) is 2.66. The van der Waals surface area contributed by atoms with E-state index >= 15 is 0 Å². The summed E-state index contributed by atoms with van der Waals surface area (Å²) in [5.74, 6) is -12.5. The van der Waals surface area contributed by atoms with Crippen molar-refractivity contribution in [3.63, 3.8) is 0 Å². The fraction of sp³-hybridized carbons (Fsp3) is 0.364. The average Bonchev–Trinajstić information content (AvgIpc) is 2.37. The van der Waals surface area contributed by atoms with E-state index in [1.54, 1.807) is 5.32 Å². The molecular formula is C11H11F5N2O. The van der Waals surface area contributed by atoms with Crippen molar-refractivity contribution in [1.29, 1.82) is 0 Å². The number of hydrogen-bond acceptors (Lipinski definition) is 2. The molecule has 3 N–H and O–H groups in total. The van der Waals surface area contributed by atoms with E-state index in [-0.39, 0.29) is 0 Å². The predicted octanol–water partition coefficient (Wildman–Crippen LogP) is 2.30. The Bertz CT molecular complexity index is 489. The Hall–Kier alpha value is -1.70. The van der Waals surface area contributed by atoms with Crippen LogP contribution in [0.1, 0.15) is 13.8 Å². The quantitative estimate of drug-likeness (QED) is 0.508. The van der Waals surface area contributed by atoms with Gasteiger partial charge >= 0.3 is 0 Å². The summed E-state index contributed by atoms with van der Waals surface area (Å²) in [7, 11) is 0. The summed E-state index contributed by atoms with van der Waals surface area (Å²) < 4.78 is 65.0. The summed E-state index contributed by atoms with van der Waals surface area (Å²) in [6.45, 7) is 2.81. The lowest BCUT2D eigenvalue weighted by atomic mass is 10.0. The highest BCUT2D eigenvalue weighted by molar-refractivity contribution is 5.93. The standard InChI is InChI=1S/C11H11F5N2O/c1-3(4(2)17)11(19)18-10-8(15)6(13)5(12)7(14)9(10)16/h3-4H,17H2,1-2H3,(H,18,19). The number of benzene rings is 1. The zero-order chi connectivity index (χ0) is 14.9. The van der Waals surface area contributed by atoms with E-state index in [1.807, 2.05) is 0 Å². The predicted molar refractivity (Wildman–Crippen MR) is 57.7 cm³/mol. The number of halogens is 5. The van der Waals surface area contributed by atoms with Crippen LogP contribution >= 0.6 is 0 Å². The van der Waals surface area contributed by atoms with Crippen molar-refractivity contribution in [2.45, 2.75) is 19.9 Å². The highest BCUT2D eigenvalue weighted by Gasteiger charge is 2.28. The third-order valence-electron chi connectivity index (χ3n) is 2.66. The number of rotatable bonds is 3. The largest absolute Gasteiger partial charge is 0.327 e. The Kier molecular flexibility index (Phi) is 4.46. The van der Waals surface area contributed by atoms with Crippen molar-refractivity contribution in [2.24, 2.45) is 11.7 Å². The van der Waals surface area contributed by atoms with E-state index in [2.05, 4.69) is 0 Å². The maximum atomic E-state index is 13.3. The van der Waals surface area contributed by atoms with Gasteiger partial charge in [-0.25, -0.2) is 22.0 Å². The molecule has 3 nitrogen and oxygen atoms in total. The molecule has 1 aromatic rings. The van der Waals surface area contributed by atoms with E-state index in [4.69, 9.17) is 5.73 Å². The van der Waals surface area contributed by atoms with E-state index < -0.39 is 52.6 Å². The number of amides is 1. The Morgan fingerprint density at radius 3 is 1.68 bits per heavy atom. The summed E-state index contributed by atoms with van der Waals surface area (Å²) in [4.78, 5) is 11.5. The topological polar surface area (TPSA) is 55.1 Å². The second-order valence-corrected chi connectivity index (χ2v) is 4.08. The number of nitrogens with one attached hydrogen (secondary N) is 1. The zero-order valence-electron chi connectivity index (χ0n) is 10.0. The lowest BCUT2D eigenvalue weighted by Gasteiger charge is -2.16. The maximum Gasteiger partial charge on any atom is 0.228 e. The highest BCUT2D eigenvalue weighted by Crippen LogP contribution is 2.27. The molecule has 1 amide bonds. The van der Waals surface area contributed by atoms with Crippen molar-refractivity contribution in [2.75, 3.05) is 5.32 Å². The van der Waals surface area contributed by atoms with Crippen molar-refractivity contribution in [1.82, 2.24) is 0 Å². The molecule has 1 aromatic carbocycles. The first-order chi connectivity index (χ1) is 8.68. The first-order valence-electron chi connectivity index (χ1n) is 5.26. The van der Waals surface area contributed by atoms with Gasteiger partial charge in [0.15, 0.2) is 23.3 Å². The van der Waals surface area contributed by atoms with Gasteiger partial charge in [0.2, 0.25) is 11.7 Å². The minimum atomic E-state index is -2.28. The Morgan fingerprint density at radius 1 is 0.947 bits per heavy atom. The highest BCUT2D eigenvalue weighted by atomic mass is 19.2. The summed E-state index contributed by atoms with van der Waals surface area (Å²) >= 11 is 0. The first kappa shape index (κ1) is 15.4. The minimum absolute atomic E-state index is 0.652. The third kappa shape index (κ3) is 2.83. The van der Waals surface area contributed by atoms with E-state index in [0.29, 0.717) is 0 Å². The summed E-state index contributed by atoms with van der Waals surface area (Å²) in [6, 6.07) is -0.652. The lowest BCUT2D eigenvalue weighted by molar-refractivity contribution is -0.119. The molecule has 0 fully saturated rings. The van der Waals surface area contributed by atoms with Crippen LogP contribution in [0.15, 0.2) is 0 Å². The summed E-state index contributed by atoms with van der Waals surface area (Å²) in [5, 5.41) is 1.65. The SMILES string of the molecule is CC(N)C(C)C(=O)Nc1c(F)c(F)c(F)c(F)c1F. The molecule has 2 unspecified atom stereocenters. The molecule has 0 heterocycles. The molecule has 0 spiro atoms. The van der Waals surface area contributed by atoms with Crippen LogP contribution in [0.25, 0.3) is 0 Å². The smallest absolute Gasteiger partial charge is 0.228 e. The lowest BCUT2D eigenvalue weighted by Crippen LogP contribution is -2.35. The monoisotopic (exact) mass is 282 g/mol. The van der Waals surface area contributed by atoms with Gasteiger partial charge in [-0.2, -0.15) is 0 Å². The van der Waals surface area contributed by atoms with Gasteiger partial charge in [-0.1, -0.05) is 6.92 Å². The first-order valence-corrected chi connectivity index (χ1v) is 5.26. The normalized spacial score (nSPS) is 14.1. The zero-order valence-corrected chi connectivity index (χ0v) is 10.0. The Morgan fingerprint density at radius 2 is 1.32 bits per heavy atom. The molecule has 0 aliphatic carbocycles. The van der Waals surface area contributed by atoms with E-state index in [9.17, 15) is 26.7 Å². The molecule has 0 saturated carbocycles. The average molecular weight is 282 g/mol. The Labute approximate surface area is 105 Å². The molecule has 106 valence electrons. The molecule has 2 atom stereocenters. The minimum Gasteiger partial charge on any atom is -0.327 e. The second kappa shape index (κ2) is 5.52. The molecular weight excluding hydrogens is 271 g/mol. The van der Waals surface area contributed by atoms with Gasteiger partial charge in [-0.3, -0.25) is 4.79 Å². The van der Waals surface area contributed by atoms with Gasteiger partial charge in [-0.15, -0.1) is 0 Å². The van der Waals surface area contributed by atoms with Gasteiger partial charge < -0.3 is 11.1 Å². The number of carbonyl (C=O) groups is 1. The van der Waals surface area contributed by atoms with Gasteiger partial charge in [0, 0.05) is 6.04 Å². The molecule has 8 heteroatoms. The van der Waals surface area contributed by atoms with Crippen molar-refractivity contribution in [3.05, 3.63) is 29.1 Å². The fourth-order valence-corrected chi connectivity index (χ4v) is 1.19. The van der Waals surface area contributed by atoms with Crippen LogP contribution in [0, 0.1) is 35.0 Å². The number of nitrogens with two attached hydrogens (primary N) is 1. The fourth-order valence-electron chi connectivity index (χ4n) is 1.19. The van der Waals surface area contributed by atoms with Crippen LogP contribution in [0.2, 0.25) is 0 Å². The van der Waals surface area contributed by atoms with E-state index in [0.717, 1.165) is 0 Å². The van der Waals surface area contributed by atoms with Crippen molar-refractivity contribution < 1.29 is 26.7 Å². The van der Waals surface area contributed by atoms with E-state index in [1.165, 1.54) is 13.8 Å². The molecule has 0 aliphatic rings. The molecule has 0 aromatic heterocycles. The van der Waals surface area contributed by atoms with Gasteiger partial charge in [-0.05, 0) is 6.92 Å². The van der Waals surface area contributed by atoms with Gasteiger partial charge in [0.05, 0.1) is 5.92 Å². The maximum absolute atomic E-state index is 13.3. The summed E-state index contributed by atoms with van der Waals surface area (Å²) in [6.07, 6.45) is 0. The van der Waals surface area contributed by atoms with Crippen LogP contribution in [-0.4, -0.2) is 11.9 Å². The van der Waals surface area contributed by atoms with Crippen molar-refractivity contribution in [3.8, 4) is 0 Å². The molecule has 0 bridgehead atoms. The van der Waals surface area contributed by atoms with Crippen LogP contribution < -0.4 is 11.1 Å². The number of carbonyl (C=O) groups excluding carboxylic acids is 1. The van der Waals surface area contributed by atoms with Gasteiger partial charge in [0.1, 0.15) is 5.69 Å². The molecule has 19 heavy (non-hydrogen) atoms. The van der Waals surface area contributed by atoms with Crippen LogP contribution in [0.5, 0.6) is 0 Å². The molecule has 0 saturated heterocycles. The van der Waals surface area contributed by atoms with Crippen LogP contribution in [-0.2, 0) is 4.79 Å². The van der Waals surface area contributed by atoms with Crippen LogP contribution in [0.3, 0.4) is 0 Å². The number of anilines is 1. The second-order valence-electron chi connectivity index (χ2n) is 4.08. The number of hydrogen-bond donors (Lipinski definition) is 2. The Balaban J connectivity index is 3.19. The van der Waals surface area contributed by atoms with Crippen LogP contribution in [0.4, 0.5) is 27.6 Å². The van der Waals surface area contributed by atoms with Crippen molar-refractivity contribution >= 4 is 11.6 Å².